The van der Waals surface area contributed by atoms with Crippen LogP contribution >= 0.6 is 0 Å². The van der Waals surface area contributed by atoms with Gasteiger partial charge >= 0.3 is 5.97 Å². The third-order valence-corrected chi connectivity index (χ3v) is 2.94. The fourth-order valence-corrected chi connectivity index (χ4v) is 2.27. The normalized spacial score (nSPS) is 17.5. The zero-order valence-corrected chi connectivity index (χ0v) is 10.3. The summed E-state index contributed by atoms with van der Waals surface area (Å²) in [5.41, 5.74) is 1.46. The van der Waals surface area contributed by atoms with Gasteiger partial charge in [0.15, 0.2) is 0 Å². The summed E-state index contributed by atoms with van der Waals surface area (Å²) in [6.45, 7) is 2.89. The molecule has 0 radical (unpaired) electrons. The van der Waals surface area contributed by atoms with Gasteiger partial charge in [-0.25, -0.2) is 4.39 Å². The van der Waals surface area contributed by atoms with Crippen LogP contribution in [0.15, 0.2) is 18.2 Å². The van der Waals surface area contributed by atoms with Gasteiger partial charge in [-0.2, -0.15) is 0 Å². The lowest BCUT2D eigenvalue weighted by atomic mass is 10.1. The van der Waals surface area contributed by atoms with Gasteiger partial charge in [-0.3, -0.25) is 9.59 Å². The summed E-state index contributed by atoms with van der Waals surface area (Å²) in [6.07, 6.45) is 0.500. The van der Waals surface area contributed by atoms with E-state index in [0.717, 1.165) is 5.56 Å². The van der Waals surface area contributed by atoms with Crippen molar-refractivity contribution in [2.75, 3.05) is 11.5 Å². The minimum atomic E-state index is -0.388. The predicted octanol–water partition coefficient (Wildman–Crippen LogP) is 1.67. The van der Waals surface area contributed by atoms with Crippen LogP contribution < -0.4 is 4.90 Å². The van der Waals surface area contributed by atoms with Crippen molar-refractivity contribution in [1.29, 1.82) is 0 Å². The van der Waals surface area contributed by atoms with E-state index in [4.69, 9.17) is 4.74 Å². The van der Waals surface area contributed by atoms with Gasteiger partial charge in [-0.1, -0.05) is 0 Å². The Morgan fingerprint density at radius 3 is 2.78 bits per heavy atom. The summed E-state index contributed by atoms with van der Waals surface area (Å²) in [6, 6.07) is 4.07. The van der Waals surface area contributed by atoms with E-state index in [1.807, 2.05) is 0 Å². The molecule has 0 N–H and O–H groups in total. The highest BCUT2D eigenvalue weighted by atomic mass is 19.1. The number of rotatable bonds is 2. The Bertz CT molecular complexity index is 501. The molecule has 0 fully saturated rings. The largest absolute Gasteiger partial charge is 0.464 e. The first-order chi connectivity index (χ1) is 8.49. The quantitative estimate of drug-likeness (QED) is 0.751. The first kappa shape index (κ1) is 12.5. The molecule has 1 aliphatic heterocycles. The van der Waals surface area contributed by atoms with Gasteiger partial charge in [0, 0.05) is 19.5 Å². The molecule has 1 aromatic carbocycles. The van der Waals surface area contributed by atoms with E-state index in [1.54, 1.807) is 11.0 Å². The van der Waals surface area contributed by atoms with E-state index in [0.29, 0.717) is 12.1 Å². The van der Waals surface area contributed by atoms with Crippen molar-refractivity contribution in [2.24, 2.45) is 0 Å². The fraction of sp³-hybridized carbons (Fsp3) is 0.385. The topological polar surface area (TPSA) is 46.6 Å². The molecule has 1 heterocycles. The van der Waals surface area contributed by atoms with Gasteiger partial charge in [0.25, 0.3) is 0 Å². The number of carbonyl (C=O) groups excluding carboxylic acids is 2. The average Bonchev–Trinajstić information content (AvgIpc) is 2.63. The van der Waals surface area contributed by atoms with Gasteiger partial charge in [0.2, 0.25) is 5.91 Å². The molecular formula is C13H14FNO3. The summed E-state index contributed by atoms with van der Waals surface area (Å²) in [5.74, 6) is -0.858. The first-order valence-electron chi connectivity index (χ1n) is 5.70. The van der Waals surface area contributed by atoms with Crippen LogP contribution in [0.2, 0.25) is 0 Å². The standard InChI is InChI=1S/C13H14FNO3/c1-8(16)15-12(7-18-9(2)17)6-10-5-11(14)3-4-13(10)15/h3-5,12H,6-7H2,1-2H3. The second-order valence-electron chi connectivity index (χ2n) is 4.32. The third kappa shape index (κ3) is 2.34. The molecule has 1 aliphatic rings. The highest BCUT2D eigenvalue weighted by Gasteiger charge is 2.32. The molecule has 0 bridgehead atoms. The molecule has 1 unspecified atom stereocenters. The molecule has 96 valence electrons. The zero-order chi connectivity index (χ0) is 13.3. The van der Waals surface area contributed by atoms with Gasteiger partial charge in [0.05, 0.1) is 6.04 Å². The number of hydrogen-bond acceptors (Lipinski definition) is 3. The van der Waals surface area contributed by atoms with Gasteiger partial charge in [-0.05, 0) is 30.2 Å². The van der Waals surface area contributed by atoms with Crippen molar-refractivity contribution in [3.63, 3.8) is 0 Å². The molecule has 1 atom stereocenters. The summed E-state index contributed by atoms with van der Waals surface area (Å²) >= 11 is 0. The Morgan fingerprint density at radius 2 is 2.17 bits per heavy atom. The molecule has 0 saturated heterocycles. The maximum absolute atomic E-state index is 13.1. The number of fused-ring (bicyclic) bond motifs is 1. The average molecular weight is 251 g/mol. The lowest BCUT2D eigenvalue weighted by molar-refractivity contribution is -0.141. The maximum Gasteiger partial charge on any atom is 0.302 e. The third-order valence-electron chi connectivity index (χ3n) is 2.94. The van der Waals surface area contributed by atoms with Crippen molar-refractivity contribution in [2.45, 2.75) is 26.3 Å². The van der Waals surface area contributed by atoms with Crippen LogP contribution in [0.1, 0.15) is 19.4 Å². The minimum absolute atomic E-state index is 0.130. The molecule has 2 rings (SSSR count). The molecule has 18 heavy (non-hydrogen) atoms. The van der Waals surface area contributed by atoms with Crippen molar-refractivity contribution in [3.8, 4) is 0 Å². The number of hydrogen-bond donors (Lipinski definition) is 0. The second-order valence-corrected chi connectivity index (χ2v) is 4.32. The van der Waals surface area contributed by atoms with E-state index in [-0.39, 0.29) is 30.3 Å². The number of carbonyl (C=O) groups is 2. The van der Waals surface area contributed by atoms with Crippen molar-refractivity contribution >= 4 is 17.6 Å². The smallest absolute Gasteiger partial charge is 0.302 e. The molecule has 1 amide bonds. The summed E-state index contributed by atoms with van der Waals surface area (Å²) in [5, 5.41) is 0. The molecule has 0 spiro atoms. The summed E-state index contributed by atoms with van der Waals surface area (Å²) in [7, 11) is 0. The molecule has 0 saturated carbocycles. The number of benzene rings is 1. The van der Waals surface area contributed by atoms with Crippen LogP contribution in [0.3, 0.4) is 0 Å². The zero-order valence-electron chi connectivity index (χ0n) is 10.3. The highest BCUT2D eigenvalue weighted by Crippen LogP contribution is 2.32. The summed E-state index contributed by atoms with van der Waals surface area (Å²) in [4.78, 5) is 24.0. The maximum atomic E-state index is 13.1. The van der Waals surface area contributed by atoms with Crippen molar-refractivity contribution in [3.05, 3.63) is 29.6 Å². The Hall–Kier alpha value is -1.91. The molecule has 0 aromatic heterocycles. The Balaban J connectivity index is 2.25. The van der Waals surface area contributed by atoms with Gasteiger partial charge in [0.1, 0.15) is 12.4 Å². The molecule has 4 nitrogen and oxygen atoms in total. The molecule has 1 aromatic rings. The molecule has 5 heteroatoms. The molecular weight excluding hydrogens is 237 g/mol. The van der Waals surface area contributed by atoms with Crippen LogP contribution in [0.5, 0.6) is 0 Å². The minimum Gasteiger partial charge on any atom is -0.464 e. The van der Waals surface area contributed by atoms with Crippen molar-refractivity contribution in [1.82, 2.24) is 0 Å². The van der Waals surface area contributed by atoms with E-state index in [9.17, 15) is 14.0 Å². The van der Waals surface area contributed by atoms with Crippen LogP contribution in [0.4, 0.5) is 10.1 Å². The van der Waals surface area contributed by atoms with Crippen molar-refractivity contribution < 1.29 is 18.7 Å². The van der Waals surface area contributed by atoms with Crippen LogP contribution in [0, 0.1) is 5.82 Å². The van der Waals surface area contributed by atoms with Crippen LogP contribution in [0.25, 0.3) is 0 Å². The van der Waals surface area contributed by atoms with E-state index in [1.165, 1.54) is 26.0 Å². The van der Waals surface area contributed by atoms with Crippen LogP contribution in [-0.2, 0) is 20.7 Å². The Kier molecular flexibility index (Phi) is 3.32. The predicted molar refractivity (Wildman–Crippen MR) is 63.7 cm³/mol. The number of amides is 1. The summed E-state index contributed by atoms with van der Waals surface area (Å²) < 4.78 is 18.1. The highest BCUT2D eigenvalue weighted by molar-refractivity contribution is 5.94. The van der Waals surface area contributed by atoms with E-state index in [2.05, 4.69) is 0 Å². The Labute approximate surface area is 104 Å². The number of esters is 1. The van der Waals surface area contributed by atoms with E-state index < -0.39 is 0 Å². The van der Waals surface area contributed by atoms with Crippen LogP contribution in [-0.4, -0.2) is 24.5 Å². The lowest BCUT2D eigenvalue weighted by Gasteiger charge is -2.23. The number of nitrogens with zero attached hydrogens (tertiary/aromatic N) is 1. The second kappa shape index (κ2) is 4.76. The number of ether oxygens (including phenoxy) is 1. The van der Waals surface area contributed by atoms with E-state index >= 15 is 0 Å². The van der Waals surface area contributed by atoms with Gasteiger partial charge < -0.3 is 9.64 Å². The number of halogens is 1. The number of anilines is 1. The fourth-order valence-electron chi connectivity index (χ4n) is 2.27. The SMILES string of the molecule is CC(=O)OCC1Cc2cc(F)ccc2N1C(C)=O. The first-order valence-corrected chi connectivity index (χ1v) is 5.70. The Morgan fingerprint density at radius 1 is 1.44 bits per heavy atom. The lowest BCUT2D eigenvalue weighted by Crippen LogP contribution is -2.39. The monoisotopic (exact) mass is 251 g/mol. The van der Waals surface area contributed by atoms with Gasteiger partial charge in [-0.15, -0.1) is 0 Å². The molecule has 0 aliphatic carbocycles.